The van der Waals surface area contributed by atoms with Gasteiger partial charge >= 0.3 is 0 Å². The lowest BCUT2D eigenvalue weighted by atomic mass is 9.97. The fourth-order valence-corrected chi connectivity index (χ4v) is 2.70. The predicted molar refractivity (Wildman–Crippen MR) is 97.3 cm³/mol. The number of amides is 1. The average Bonchev–Trinajstić information content (AvgIpc) is 2.58. The van der Waals surface area contributed by atoms with Gasteiger partial charge in [-0.05, 0) is 30.2 Å². The van der Waals surface area contributed by atoms with Gasteiger partial charge in [0.05, 0.1) is 19.2 Å². The van der Waals surface area contributed by atoms with Crippen LogP contribution in [0.1, 0.15) is 22.7 Å². The standard InChI is InChI=1S/C19H22ClFN2O2/c1-13-3-5-14(6-4-13)19(16-8-7-15(21)11-17(16)20)23-18(24)12-22-9-10-25-2/h3-8,11,19,22H,9-10,12H2,1-2H3,(H,23,24). The van der Waals surface area contributed by atoms with E-state index in [1.807, 2.05) is 31.2 Å². The molecule has 0 heterocycles. The van der Waals surface area contributed by atoms with Crippen LogP contribution in [0.5, 0.6) is 0 Å². The van der Waals surface area contributed by atoms with E-state index < -0.39 is 11.9 Å². The number of carbonyl (C=O) groups is 1. The molecular weight excluding hydrogens is 343 g/mol. The van der Waals surface area contributed by atoms with Gasteiger partial charge in [0, 0.05) is 18.7 Å². The molecule has 25 heavy (non-hydrogen) atoms. The van der Waals surface area contributed by atoms with Crippen molar-refractivity contribution in [2.24, 2.45) is 0 Å². The Morgan fingerprint density at radius 1 is 1.24 bits per heavy atom. The van der Waals surface area contributed by atoms with Crippen molar-refractivity contribution < 1.29 is 13.9 Å². The van der Waals surface area contributed by atoms with Crippen molar-refractivity contribution >= 4 is 17.5 Å². The number of hydrogen-bond donors (Lipinski definition) is 2. The summed E-state index contributed by atoms with van der Waals surface area (Å²) in [6, 6.07) is 11.5. The summed E-state index contributed by atoms with van der Waals surface area (Å²) in [6.07, 6.45) is 0. The van der Waals surface area contributed by atoms with E-state index in [1.165, 1.54) is 12.1 Å². The van der Waals surface area contributed by atoms with Gasteiger partial charge in [-0.25, -0.2) is 4.39 Å². The Hall–Kier alpha value is -1.95. The van der Waals surface area contributed by atoms with Crippen molar-refractivity contribution in [3.8, 4) is 0 Å². The number of ether oxygens (including phenoxy) is 1. The highest BCUT2D eigenvalue weighted by atomic mass is 35.5. The Balaban J connectivity index is 2.20. The molecule has 6 heteroatoms. The van der Waals surface area contributed by atoms with Gasteiger partial charge in [-0.3, -0.25) is 4.79 Å². The monoisotopic (exact) mass is 364 g/mol. The SMILES string of the molecule is COCCNCC(=O)NC(c1ccc(C)cc1)c1ccc(F)cc1Cl. The lowest BCUT2D eigenvalue weighted by molar-refractivity contribution is -0.120. The van der Waals surface area contributed by atoms with Crippen molar-refractivity contribution in [2.75, 3.05) is 26.8 Å². The van der Waals surface area contributed by atoms with Crippen LogP contribution in [0.3, 0.4) is 0 Å². The minimum atomic E-state index is -0.453. The average molecular weight is 365 g/mol. The molecule has 2 rings (SSSR count). The third-order valence-corrected chi connectivity index (χ3v) is 4.09. The van der Waals surface area contributed by atoms with E-state index in [2.05, 4.69) is 10.6 Å². The highest BCUT2D eigenvalue weighted by Crippen LogP contribution is 2.29. The van der Waals surface area contributed by atoms with Crippen LogP contribution in [0.2, 0.25) is 5.02 Å². The lowest BCUT2D eigenvalue weighted by Crippen LogP contribution is -2.37. The topological polar surface area (TPSA) is 50.4 Å². The van der Waals surface area contributed by atoms with E-state index >= 15 is 0 Å². The molecule has 0 aliphatic rings. The number of nitrogens with one attached hydrogen (secondary N) is 2. The molecule has 2 N–H and O–H groups in total. The third-order valence-electron chi connectivity index (χ3n) is 3.76. The maximum absolute atomic E-state index is 13.4. The molecule has 2 aromatic carbocycles. The zero-order chi connectivity index (χ0) is 18.2. The molecule has 0 saturated heterocycles. The minimum absolute atomic E-state index is 0.157. The van der Waals surface area contributed by atoms with Crippen LogP contribution < -0.4 is 10.6 Å². The molecule has 0 bridgehead atoms. The van der Waals surface area contributed by atoms with E-state index in [1.54, 1.807) is 13.2 Å². The Kier molecular flexibility index (Phi) is 7.37. The number of rotatable bonds is 8. The number of halogens is 2. The molecule has 2 aromatic rings. The first-order valence-corrected chi connectivity index (χ1v) is 8.39. The molecule has 0 spiro atoms. The van der Waals surface area contributed by atoms with Crippen molar-refractivity contribution in [1.29, 1.82) is 0 Å². The van der Waals surface area contributed by atoms with Crippen LogP contribution in [0.4, 0.5) is 4.39 Å². The summed E-state index contributed by atoms with van der Waals surface area (Å²) in [5, 5.41) is 6.23. The normalized spacial score (nSPS) is 12.0. The van der Waals surface area contributed by atoms with E-state index in [9.17, 15) is 9.18 Å². The number of hydrogen-bond acceptors (Lipinski definition) is 3. The fraction of sp³-hybridized carbons (Fsp3) is 0.316. The molecular formula is C19H22ClFN2O2. The van der Waals surface area contributed by atoms with E-state index in [-0.39, 0.29) is 17.5 Å². The summed E-state index contributed by atoms with van der Waals surface area (Å²) in [4.78, 5) is 12.3. The molecule has 1 atom stereocenters. The second kappa shape index (κ2) is 9.51. The summed E-state index contributed by atoms with van der Waals surface area (Å²) < 4.78 is 18.3. The highest BCUT2D eigenvalue weighted by molar-refractivity contribution is 6.31. The van der Waals surface area contributed by atoms with Crippen LogP contribution in [0.25, 0.3) is 0 Å². The van der Waals surface area contributed by atoms with E-state index in [0.717, 1.165) is 11.1 Å². The number of benzene rings is 2. The summed E-state index contributed by atoms with van der Waals surface area (Å²) in [5.41, 5.74) is 2.64. The van der Waals surface area contributed by atoms with E-state index in [4.69, 9.17) is 16.3 Å². The Morgan fingerprint density at radius 2 is 1.96 bits per heavy atom. The smallest absolute Gasteiger partial charge is 0.234 e. The number of methoxy groups -OCH3 is 1. The molecule has 1 amide bonds. The molecule has 0 fully saturated rings. The van der Waals surface area contributed by atoms with Crippen LogP contribution in [-0.2, 0) is 9.53 Å². The largest absolute Gasteiger partial charge is 0.383 e. The maximum Gasteiger partial charge on any atom is 0.234 e. The third kappa shape index (κ3) is 5.81. The molecule has 134 valence electrons. The van der Waals surface area contributed by atoms with Crippen LogP contribution in [-0.4, -0.2) is 32.7 Å². The highest BCUT2D eigenvalue weighted by Gasteiger charge is 2.19. The zero-order valence-electron chi connectivity index (χ0n) is 14.3. The Labute approximate surface area is 152 Å². The Bertz CT molecular complexity index is 707. The van der Waals surface area contributed by atoms with Crippen LogP contribution >= 0.6 is 11.6 Å². The number of carbonyl (C=O) groups excluding carboxylic acids is 1. The predicted octanol–water partition coefficient (Wildman–Crippen LogP) is 3.23. The molecule has 0 aliphatic heterocycles. The van der Waals surface area contributed by atoms with Gasteiger partial charge in [-0.1, -0.05) is 47.5 Å². The van der Waals surface area contributed by atoms with Gasteiger partial charge in [0.25, 0.3) is 0 Å². The fourth-order valence-electron chi connectivity index (χ4n) is 2.42. The van der Waals surface area contributed by atoms with Gasteiger partial charge in [0.1, 0.15) is 5.82 Å². The summed E-state index contributed by atoms with van der Waals surface area (Å²) in [5.74, 6) is -0.592. The number of aryl methyl sites for hydroxylation is 1. The minimum Gasteiger partial charge on any atom is -0.383 e. The second-order valence-corrected chi connectivity index (χ2v) is 6.15. The first-order valence-electron chi connectivity index (χ1n) is 8.02. The summed E-state index contributed by atoms with van der Waals surface area (Å²) in [6.45, 7) is 3.25. The van der Waals surface area contributed by atoms with Crippen LogP contribution in [0.15, 0.2) is 42.5 Å². The maximum atomic E-state index is 13.4. The van der Waals surface area contributed by atoms with Crippen molar-refractivity contribution in [1.82, 2.24) is 10.6 Å². The first kappa shape index (κ1) is 19.4. The van der Waals surface area contributed by atoms with Crippen LogP contribution in [0, 0.1) is 12.7 Å². The van der Waals surface area contributed by atoms with Crippen molar-refractivity contribution in [3.63, 3.8) is 0 Å². The zero-order valence-corrected chi connectivity index (χ0v) is 15.1. The summed E-state index contributed by atoms with van der Waals surface area (Å²) in [7, 11) is 1.60. The first-order chi connectivity index (χ1) is 12.0. The molecule has 1 unspecified atom stereocenters. The molecule has 0 radical (unpaired) electrons. The van der Waals surface area contributed by atoms with Gasteiger partial charge in [0.2, 0.25) is 5.91 Å². The van der Waals surface area contributed by atoms with Gasteiger partial charge in [-0.2, -0.15) is 0 Å². The van der Waals surface area contributed by atoms with Gasteiger partial charge < -0.3 is 15.4 Å². The molecule has 0 saturated carbocycles. The quantitative estimate of drug-likeness (QED) is 0.707. The summed E-state index contributed by atoms with van der Waals surface area (Å²) >= 11 is 6.21. The van der Waals surface area contributed by atoms with Gasteiger partial charge in [-0.15, -0.1) is 0 Å². The van der Waals surface area contributed by atoms with Crippen molar-refractivity contribution in [2.45, 2.75) is 13.0 Å². The van der Waals surface area contributed by atoms with E-state index in [0.29, 0.717) is 18.7 Å². The lowest BCUT2D eigenvalue weighted by Gasteiger charge is -2.21. The molecule has 0 aromatic heterocycles. The molecule has 4 nitrogen and oxygen atoms in total. The van der Waals surface area contributed by atoms with Crippen molar-refractivity contribution in [3.05, 3.63) is 70.0 Å². The second-order valence-electron chi connectivity index (χ2n) is 5.75. The Morgan fingerprint density at radius 3 is 2.60 bits per heavy atom. The van der Waals surface area contributed by atoms with Gasteiger partial charge in [0.15, 0.2) is 0 Å². The molecule has 0 aliphatic carbocycles.